The van der Waals surface area contributed by atoms with Gasteiger partial charge in [-0.2, -0.15) is 0 Å². The first-order valence-electron chi connectivity index (χ1n) is 7.25. The molecule has 0 aromatic heterocycles. The van der Waals surface area contributed by atoms with E-state index in [1.54, 1.807) is 38.4 Å². The summed E-state index contributed by atoms with van der Waals surface area (Å²) in [6.07, 6.45) is 3.35. The maximum atomic E-state index is 11.9. The van der Waals surface area contributed by atoms with Crippen LogP contribution in [0, 0.1) is 0 Å². The maximum absolute atomic E-state index is 11.9. The number of carbonyl (C=O) groups is 2. The minimum Gasteiger partial charge on any atom is -0.494 e. The molecule has 0 fully saturated rings. The Kier molecular flexibility index (Phi) is 7.29. The first-order chi connectivity index (χ1) is 10.0. The zero-order valence-corrected chi connectivity index (χ0v) is 13.0. The molecule has 0 bridgehead atoms. The van der Waals surface area contributed by atoms with Crippen LogP contribution in [-0.2, 0) is 4.79 Å². The number of rotatable bonds is 8. The van der Waals surface area contributed by atoms with Crippen molar-refractivity contribution in [2.45, 2.75) is 26.2 Å². The van der Waals surface area contributed by atoms with Crippen LogP contribution in [0.2, 0.25) is 0 Å². The monoisotopic (exact) mass is 292 g/mol. The molecule has 1 aromatic carbocycles. The number of amides is 2. The molecule has 0 saturated heterocycles. The average Bonchev–Trinajstić information content (AvgIpc) is 2.49. The number of hydrogen-bond acceptors (Lipinski definition) is 3. The van der Waals surface area contributed by atoms with Crippen molar-refractivity contribution in [3.8, 4) is 5.75 Å². The Balaban J connectivity index is 2.42. The molecule has 21 heavy (non-hydrogen) atoms. The molecule has 0 atom stereocenters. The molecule has 5 heteroatoms. The summed E-state index contributed by atoms with van der Waals surface area (Å²) in [5.74, 6) is 0.356. The Labute approximate surface area is 126 Å². The van der Waals surface area contributed by atoms with Crippen molar-refractivity contribution in [2.75, 3.05) is 27.2 Å². The molecule has 116 valence electrons. The van der Waals surface area contributed by atoms with Gasteiger partial charge in [0.15, 0.2) is 0 Å². The second-order valence-electron chi connectivity index (χ2n) is 5.05. The summed E-state index contributed by atoms with van der Waals surface area (Å²) in [5, 5.41) is 2.59. The third kappa shape index (κ3) is 6.29. The lowest BCUT2D eigenvalue weighted by Crippen LogP contribution is -2.36. The van der Waals surface area contributed by atoms with E-state index in [-0.39, 0.29) is 18.4 Å². The first kappa shape index (κ1) is 17.0. The SMILES string of the molecule is CCCCCOc1ccc(C(=O)NCC(=O)N(C)C)cc1. The van der Waals surface area contributed by atoms with Crippen molar-refractivity contribution >= 4 is 11.8 Å². The van der Waals surface area contributed by atoms with Gasteiger partial charge in [-0.1, -0.05) is 19.8 Å². The molecule has 1 aromatic rings. The lowest BCUT2D eigenvalue weighted by atomic mass is 10.2. The zero-order valence-electron chi connectivity index (χ0n) is 13.0. The lowest BCUT2D eigenvalue weighted by molar-refractivity contribution is -0.127. The van der Waals surface area contributed by atoms with Crippen LogP contribution < -0.4 is 10.1 Å². The van der Waals surface area contributed by atoms with Crippen LogP contribution in [0.5, 0.6) is 5.75 Å². The summed E-state index contributed by atoms with van der Waals surface area (Å²) in [6, 6.07) is 6.94. The first-order valence-corrected chi connectivity index (χ1v) is 7.25. The predicted molar refractivity (Wildman–Crippen MR) is 82.5 cm³/mol. The van der Waals surface area contributed by atoms with Gasteiger partial charge in [-0.05, 0) is 30.7 Å². The van der Waals surface area contributed by atoms with Crippen molar-refractivity contribution in [1.29, 1.82) is 0 Å². The lowest BCUT2D eigenvalue weighted by Gasteiger charge is -2.11. The van der Waals surface area contributed by atoms with Crippen LogP contribution in [0.25, 0.3) is 0 Å². The van der Waals surface area contributed by atoms with E-state index in [1.165, 1.54) is 4.90 Å². The summed E-state index contributed by atoms with van der Waals surface area (Å²) in [4.78, 5) is 24.7. The van der Waals surface area contributed by atoms with Crippen LogP contribution >= 0.6 is 0 Å². The van der Waals surface area contributed by atoms with Crippen molar-refractivity contribution in [1.82, 2.24) is 10.2 Å². The van der Waals surface area contributed by atoms with Gasteiger partial charge < -0.3 is 15.0 Å². The molecule has 0 radical (unpaired) electrons. The minimum absolute atomic E-state index is 0.00109. The summed E-state index contributed by atoms with van der Waals surface area (Å²) < 4.78 is 5.58. The number of hydrogen-bond donors (Lipinski definition) is 1. The van der Waals surface area contributed by atoms with Crippen molar-refractivity contribution in [2.24, 2.45) is 0 Å². The van der Waals surface area contributed by atoms with E-state index in [2.05, 4.69) is 12.2 Å². The number of nitrogens with zero attached hydrogens (tertiary/aromatic N) is 1. The normalized spacial score (nSPS) is 10.0. The molecule has 0 aliphatic rings. The van der Waals surface area contributed by atoms with Gasteiger partial charge in [-0.25, -0.2) is 0 Å². The number of unbranched alkanes of at least 4 members (excludes halogenated alkanes) is 2. The van der Waals surface area contributed by atoms with Gasteiger partial charge in [0.2, 0.25) is 5.91 Å². The average molecular weight is 292 g/mol. The second-order valence-corrected chi connectivity index (χ2v) is 5.05. The Morgan fingerprint density at radius 3 is 2.38 bits per heavy atom. The fourth-order valence-electron chi connectivity index (χ4n) is 1.66. The Bertz CT molecular complexity index is 455. The number of nitrogens with one attached hydrogen (secondary N) is 1. The van der Waals surface area contributed by atoms with E-state index in [4.69, 9.17) is 4.74 Å². The van der Waals surface area contributed by atoms with E-state index >= 15 is 0 Å². The van der Waals surface area contributed by atoms with E-state index < -0.39 is 0 Å². The quantitative estimate of drug-likeness (QED) is 0.746. The summed E-state index contributed by atoms with van der Waals surface area (Å²) >= 11 is 0. The third-order valence-electron chi connectivity index (χ3n) is 3.03. The fraction of sp³-hybridized carbons (Fsp3) is 0.500. The molecule has 0 unspecified atom stereocenters. The number of carbonyl (C=O) groups excluding carboxylic acids is 2. The third-order valence-corrected chi connectivity index (χ3v) is 3.03. The van der Waals surface area contributed by atoms with Gasteiger partial charge in [0.1, 0.15) is 5.75 Å². The van der Waals surface area contributed by atoms with E-state index in [9.17, 15) is 9.59 Å². The van der Waals surface area contributed by atoms with Crippen LogP contribution in [0.4, 0.5) is 0 Å². The summed E-state index contributed by atoms with van der Waals surface area (Å²) in [6.45, 7) is 2.84. The number of ether oxygens (including phenoxy) is 1. The molecule has 0 aliphatic carbocycles. The molecule has 0 spiro atoms. The van der Waals surface area contributed by atoms with Gasteiger partial charge in [-0.15, -0.1) is 0 Å². The van der Waals surface area contributed by atoms with Gasteiger partial charge in [0.25, 0.3) is 5.91 Å². The van der Waals surface area contributed by atoms with Crippen LogP contribution in [-0.4, -0.2) is 44.0 Å². The fourth-order valence-corrected chi connectivity index (χ4v) is 1.66. The van der Waals surface area contributed by atoms with E-state index in [0.717, 1.165) is 25.0 Å². The minimum atomic E-state index is -0.261. The molecule has 0 saturated carbocycles. The van der Waals surface area contributed by atoms with E-state index in [1.807, 2.05) is 0 Å². The smallest absolute Gasteiger partial charge is 0.251 e. The highest BCUT2D eigenvalue weighted by molar-refractivity contribution is 5.96. The van der Waals surface area contributed by atoms with Crippen LogP contribution in [0.15, 0.2) is 24.3 Å². The Hall–Kier alpha value is -2.04. The largest absolute Gasteiger partial charge is 0.494 e. The van der Waals surface area contributed by atoms with Gasteiger partial charge in [0.05, 0.1) is 13.2 Å². The Morgan fingerprint density at radius 2 is 1.81 bits per heavy atom. The van der Waals surface area contributed by atoms with Gasteiger partial charge >= 0.3 is 0 Å². The van der Waals surface area contributed by atoms with E-state index in [0.29, 0.717) is 12.2 Å². The highest BCUT2D eigenvalue weighted by atomic mass is 16.5. The Morgan fingerprint density at radius 1 is 1.14 bits per heavy atom. The van der Waals surface area contributed by atoms with Crippen LogP contribution in [0.1, 0.15) is 36.5 Å². The highest BCUT2D eigenvalue weighted by Crippen LogP contribution is 2.12. The highest BCUT2D eigenvalue weighted by Gasteiger charge is 2.09. The van der Waals surface area contributed by atoms with Crippen molar-refractivity contribution in [3.05, 3.63) is 29.8 Å². The molecule has 5 nitrogen and oxygen atoms in total. The number of benzene rings is 1. The van der Waals surface area contributed by atoms with Gasteiger partial charge in [-0.3, -0.25) is 9.59 Å². The predicted octanol–water partition coefficient (Wildman–Crippen LogP) is 2.07. The topological polar surface area (TPSA) is 58.6 Å². The molecule has 1 N–H and O–H groups in total. The molecular weight excluding hydrogens is 268 g/mol. The zero-order chi connectivity index (χ0) is 15.7. The van der Waals surface area contributed by atoms with Crippen LogP contribution in [0.3, 0.4) is 0 Å². The standard InChI is InChI=1S/C16H24N2O3/c1-4-5-6-11-21-14-9-7-13(8-10-14)16(20)17-12-15(19)18(2)3/h7-10H,4-6,11-12H2,1-3H3,(H,17,20). The molecular formula is C16H24N2O3. The summed E-state index contributed by atoms with van der Waals surface area (Å²) in [5.41, 5.74) is 0.516. The summed E-state index contributed by atoms with van der Waals surface area (Å²) in [7, 11) is 3.30. The number of likely N-dealkylation sites (N-methyl/N-ethyl adjacent to an activating group) is 1. The maximum Gasteiger partial charge on any atom is 0.251 e. The van der Waals surface area contributed by atoms with Crippen molar-refractivity contribution in [3.63, 3.8) is 0 Å². The van der Waals surface area contributed by atoms with Gasteiger partial charge in [0, 0.05) is 19.7 Å². The molecule has 0 heterocycles. The van der Waals surface area contributed by atoms with Crippen molar-refractivity contribution < 1.29 is 14.3 Å². The molecule has 1 rings (SSSR count). The second kappa shape index (κ2) is 9.00. The molecule has 2 amide bonds. The molecule has 0 aliphatic heterocycles.